The molecule has 1 saturated carbocycles. The van der Waals surface area contributed by atoms with E-state index in [0.29, 0.717) is 18.1 Å². The zero-order valence-corrected chi connectivity index (χ0v) is 12.0. The molecular weight excluding hydrogens is 252 g/mol. The van der Waals surface area contributed by atoms with Crippen LogP contribution in [0.2, 0.25) is 0 Å². The summed E-state index contributed by atoms with van der Waals surface area (Å²) in [4.78, 5) is 12.5. The highest BCUT2D eigenvalue weighted by atomic mass is 16.6. The first-order valence-corrected chi connectivity index (χ1v) is 7.69. The number of rotatable bonds is 3. The predicted molar refractivity (Wildman–Crippen MR) is 77.1 cm³/mol. The Morgan fingerprint density at radius 1 is 1.10 bits per heavy atom. The molecule has 2 atom stereocenters. The summed E-state index contributed by atoms with van der Waals surface area (Å²) < 4.78 is 11.7. The molecule has 1 aliphatic heterocycles. The summed E-state index contributed by atoms with van der Waals surface area (Å²) in [5, 5.41) is 0. The van der Waals surface area contributed by atoms with Crippen molar-refractivity contribution < 1.29 is 14.3 Å². The van der Waals surface area contributed by atoms with E-state index in [9.17, 15) is 4.79 Å². The fourth-order valence-corrected chi connectivity index (χ4v) is 3.26. The smallest absolute Gasteiger partial charge is 0.193 e. The van der Waals surface area contributed by atoms with Crippen molar-refractivity contribution in [2.24, 2.45) is 5.92 Å². The second-order valence-electron chi connectivity index (χ2n) is 5.98. The van der Waals surface area contributed by atoms with Crippen LogP contribution in [-0.2, 0) is 4.79 Å². The molecule has 2 unspecified atom stereocenters. The van der Waals surface area contributed by atoms with Gasteiger partial charge >= 0.3 is 0 Å². The molecular formula is C17H22O3. The molecule has 0 radical (unpaired) electrons. The Hall–Kier alpha value is -1.51. The number of benzene rings is 1. The third-order valence-electron chi connectivity index (χ3n) is 4.37. The predicted octanol–water partition coefficient (Wildman–Crippen LogP) is 3.75. The van der Waals surface area contributed by atoms with Gasteiger partial charge in [-0.15, -0.1) is 0 Å². The number of ketones is 1. The molecule has 0 spiro atoms. The van der Waals surface area contributed by atoms with Crippen LogP contribution in [0.5, 0.6) is 11.5 Å². The molecule has 0 bridgehead atoms. The van der Waals surface area contributed by atoms with E-state index in [0.717, 1.165) is 5.75 Å². The molecule has 0 amide bonds. The lowest BCUT2D eigenvalue weighted by Gasteiger charge is -2.32. The van der Waals surface area contributed by atoms with Crippen molar-refractivity contribution in [2.45, 2.75) is 57.7 Å². The molecule has 108 valence electrons. The lowest BCUT2D eigenvalue weighted by atomic mass is 9.84. The first kappa shape index (κ1) is 13.5. The average molecular weight is 274 g/mol. The monoisotopic (exact) mass is 274 g/mol. The minimum Gasteiger partial charge on any atom is -0.482 e. The summed E-state index contributed by atoms with van der Waals surface area (Å²) in [7, 11) is 0. The van der Waals surface area contributed by atoms with Crippen molar-refractivity contribution >= 4 is 5.78 Å². The fraction of sp³-hybridized carbons (Fsp3) is 0.588. The van der Waals surface area contributed by atoms with Gasteiger partial charge in [-0.3, -0.25) is 4.79 Å². The number of carbonyl (C=O) groups excluding carboxylic acids is 1. The number of ether oxygens (including phenoxy) is 2. The number of hydrogen-bond donors (Lipinski definition) is 0. The standard InChI is InChI=1S/C17H22O3/c1-12-17(14(18)11-13-7-3-2-4-8-13)20-16-10-6-5-9-15(16)19-12/h5-6,9-10,12-13,17H,2-4,7-8,11H2,1H3. The fourth-order valence-electron chi connectivity index (χ4n) is 3.26. The van der Waals surface area contributed by atoms with Gasteiger partial charge in [0.05, 0.1) is 0 Å². The Kier molecular flexibility index (Phi) is 3.95. The largest absolute Gasteiger partial charge is 0.482 e. The van der Waals surface area contributed by atoms with Crippen molar-refractivity contribution in [3.63, 3.8) is 0 Å². The molecule has 0 saturated heterocycles. The van der Waals surface area contributed by atoms with Crippen LogP contribution in [0.4, 0.5) is 0 Å². The summed E-state index contributed by atoms with van der Waals surface area (Å²) in [6.45, 7) is 1.92. The second kappa shape index (κ2) is 5.86. The van der Waals surface area contributed by atoms with Gasteiger partial charge in [-0.05, 0) is 25.0 Å². The molecule has 3 heteroatoms. The number of hydrogen-bond acceptors (Lipinski definition) is 3. The van der Waals surface area contributed by atoms with Crippen LogP contribution in [0, 0.1) is 5.92 Å². The number of fused-ring (bicyclic) bond motifs is 1. The quantitative estimate of drug-likeness (QED) is 0.842. The minimum atomic E-state index is -0.452. The molecule has 0 aromatic heterocycles. The molecule has 1 aromatic rings. The molecule has 1 aromatic carbocycles. The maximum absolute atomic E-state index is 12.5. The third kappa shape index (κ3) is 2.82. The molecule has 1 aliphatic carbocycles. The Morgan fingerprint density at radius 2 is 1.75 bits per heavy atom. The Morgan fingerprint density at radius 3 is 2.45 bits per heavy atom. The van der Waals surface area contributed by atoms with Crippen molar-refractivity contribution in [3.05, 3.63) is 24.3 Å². The van der Waals surface area contributed by atoms with Crippen molar-refractivity contribution in [1.29, 1.82) is 0 Å². The normalized spacial score (nSPS) is 26.2. The van der Waals surface area contributed by atoms with Crippen LogP contribution in [0.15, 0.2) is 24.3 Å². The van der Waals surface area contributed by atoms with Gasteiger partial charge in [0.1, 0.15) is 6.10 Å². The van der Waals surface area contributed by atoms with E-state index in [4.69, 9.17) is 9.47 Å². The Labute approximate surface area is 120 Å². The van der Waals surface area contributed by atoms with Gasteiger partial charge in [-0.1, -0.05) is 44.2 Å². The molecule has 3 nitrogen and oxygen atoms in total. The Balaban J connectivity index is 1.66. The maximum atomic E-state index is 12.5. The van der Waals surface area contributed by atoms with Crippen LogP contribution < -0.4 is 9.47 Å². The second-order valence-corrected chi connectivity index (χ2v) is 5.98. The average Bonchev–Trinajstić information content (AvgIpc) is 2.47. The van der Waals surface area contributed by atoms with E-state index in [1.807, 2.05) is 31.2 Å². The van der Waals surface area contributed by atoms with E-state index >= 15 is 0 Å². The molecule has 20 heavy (non-hydrogen) atoms. The molecule has 1 heterocycles. The van der Waals surface area contributed by atoms with Gasteiger partial charge in [0, 0.05) is 6.42 Å². The van der Waals surface area contributed by atoms with Gasteiger partial charge in [0.2, 0.25) is 0 Å². The highest BCUT2D eigenvalue weighted by molar-refractivity contribution is 5.84. The lowest BCUT2D eigenvalue weighted by Crippen LogP contribution is -2.44. The van der Waals surface area contributed by atoms with Gasteiger partial charge < -0.3 is 9.47 Å². The number of Topliss-reactive ketones (excluding diaryl/α,β-unsaturated/α-hetero) is 1. The van der Waals surface area contributed by atoms with Crippen LogP contribution in [0.1, 0.15) is 45.4 Å². The zero-order chi connectivity index (χ0) is 13.9. The molecule has 3 rings (SSSR count). The summed E-state index contributed by atoms with van der Waals surface area (Å²) in [6.07, 6.45) is 6.19. The molecule has 0 N–H and O–H groups in total. The topological polar surface area (TPSA) is 35.5 Å². The first-order valence-electron chi connectivity index (χ1n) is 7.69. The third-order valence-corrected chi connectivity index (χ3v) is 4.37. The van der Waals surface area contributed by atoms with Crippen LogP contribution in [-0.4, -0.2) is 18.0 Å². The maximum Gasteiger partial charge on any atom is 0.193 e. The van der Waals surface area contributed by atoms with Crippen LogP contribution in [0.3, 0.4) is 0 Å². The SMILES string of the molecule is CC1Oc2ccccc2OC1C(=O)CC1CCCCC1. The van der Waals surface area contributed by atoms with E-state index in [-0.39, 0.29) is 11.9 Å². The summed E-state index contributed by atoms with van der Waals surface area (Å²) >= 11 is 0. The van der Waals surface area contributed by atoms with Gasteiger partial charge in [0.25, 0.3) is 0 Å². The summed E-state index contributed by atoms with van der Waals surface area (Å²) in [5.74, 6) is 2.16. The highest BCUT2D eigenvalue weighted by Gasteiger charge is 2.34. The van der Waals surface area contributed by atoms with Crippen molar-refractivity contribution in [3.8, 4) is 11.5 Å². The highest BCUT2D eigenvalue weighted by Crippen LogP contribution is 2.35. The Bertz CT molecular complexity index is 477. The number of carbonyl (C=O) groups is 1. The molecule has 2 aliphatic rings. The van der Waals surface area contributed by atoms with Crippen LogP contribution >= 0.6 is 0 Å². The van der Waals surface area contributed by atoms with Crippen LogP contribution in [0.25, 0.3) is 0 Å². The van der Waals surface area contributed by atoms with E-state index < -0.39 is 6.10 Å². The first-order chi connectivity index (χ1) is 9.74. The van der Waals surface area contributed by atoms with E-state index in [1.165, 1.54) is 32.1 Å². The van der Waals surface area contributed by atoms with Gasteiger partial charge in [0.15, 0.2) is 23.4 Å². The lowest BCUT2D eigenvalue weighted by molar-refractivity contribution is -0.132. The van der Waals surface area contributed by atoms with E-state index in [1.54, 1.807) is 0 Å². The van der Waals surface area contributed by atoms with Gasteiger partial charge in [-0.2, -0.15) is 0 Å². The molecule has 1 fully saturated rings. The van der Waals surface area contributed by atoms with Gasteiger partial charge in [-0.25, -0.2) is 0 Å². The zero-order valence-electron chi connectivity index (χ0n) is 12.0. The number of para-hydroxylation sites is 2. The minimum absolute atomic E-state index is 0.193. The van der Waals surface area contributed by atoms with E-state index in [2.05, 4.69) is 0 Å². The summed E-state index contributed by atoms with van der Waals surface area (Å²) in [6, 6.07) is 7.57. The summed E-state index contributed by atoms with van der Waals surface area (Å²) in [5.41, 5.74) is 0. The van der Waals surface area contributed by atoms with Crippen molar-refractivity contribution in [2.75, 3.05) is 0 Å². The van der Waals surface area contributed by atoms with Crippen molar-refractivity contribution in [1.82, 2.24) is 0 Å².